The molecule has 34 heavy (non-hydrogen) atoms. The quantitative estimate of drug-likeness (QED) is 0.464. The molecule has 0 unspecified atom stereocenters. The molecule has 3 heterocycles. The summed E-state index contributed by atoms with van der Waals surface area (Å²) in [6.07, 6.45) is 1.45. The van der Waals surface area contributed by atoms with Gasteiger partial charge in [0.2, 0.25) is 5.88 Å². The molecule has 1 N–H and O–H groups in total. The summed E-state index contributed by atoms with van der Waals surface area (Å²) in [7, 11) is 1.37. The summed E-state index contributed by atoms with van der Waals surface area (Å²) >= 11 is 0. The van der Waals surface area contributed by atoms with Crippen LogP contribution in [0.25, 0.3) is 22.3 Å². The molecule has 11 heteroatoms. The van der Waals surface area contributed by atoms with Gasteiger partial charge in [0.1, 0.15) is 18.1 Å². The van der Waals surface area contributed by atoms with Crippen LogP contribution in [0.3, 0.4) is 0 Å². The van der Waals surface area contributed by atoms with Crippen LogP contribution in [0.1, 0.15) is 38.1 Å². The van der Waals surface area contributed by atoms with Crippen LogP contribution in [0.15, 0.2) is 40.1 Å². The van der Waals surface area contributed by atoms with Crippen LogP contribution in [0, 0.1) is 11.6 Å². The molecule has 3 aromatic heterocycles. The smallest absolute Gasteiger partial charge is 0.350 e. The summed E-state index contributed by atoms with van der Waals surface area (Å²) < 4.78 is 38.0. The Balaban J connectivity index is 2.05. The van der Waals surface area contributed by atoms with Gasteiger partial charge in [-0.25, -0.2) is 13.6 Å². The molecule has 0 radical (unpaired) electrons. The summed E-state index contributed by atoms with van der Waals surface area (Å²) in [5.41, 5.74) is -0.867. The number of hydrogen-bond donors (Lipinski definition) is 1. The Bertz CT molecular complexity index is 1520. The molecule has 0 saturated carbocycles. The number of benzene rings is 1. The van der Waals surface area contributed by atoms with Crippen molar-refractivity contribution in [3.63, 3.8) is 0 Å². The molecule has 0 spiro atoms. The number of fused-ring (bicyclic) bond motifs is 1. The number of rotatable bonds is 6. The van der Waals surface area contributed by atoms with E-state index in [9.17, 15) is 19.1 Å². The molecule has 4 aromatic rings. The van der Waals surface area contributed by atoms with Gasteiger partial charge in [-0.15, -0.1) is 5.10 Å². The average molecular weight is 471 g/mol. The van der Waals surface area contributed by atoms with Gasteiger partial charge < -0.3 is 9.84 Å². The van der Waals surface area contributed by atoms with Gasteiger partial charge in [0.25, 0.3) is 5.56 Å². The summed E-state index contributed by atoms with van der Waals surface area (Å²) in [6.45, 7) is 5.18. The Kier molecular flexibility index (Phi) is 6.05. The van der Waals surface area contributed by atoms with E-state index in [0.717, 1.165) is 21.4 Å². The van der Waals surface area contributed by atoms with Crippen molar-refractivity contribution in [2.75, 3.05) is 7.11 Å². The van der Waals surface area contributed by atoms with Crippen molar-refractivity contribution in [1.29, 1.82) is 0 Å². The number of hydrogen-bond acceptors (Lipinski definition) is 6. The lowest BCUT2D eigenvalue weighted by Crippen LogP contribution is -2.25. The summed E-state index contributed by atoms with van der Waals surface area (Å²) in [4.78, 5) is 30.1. The summed E-state index contributed by atoms with van der Waals surface area (Å²) in [5, 5.41) is 13.9. The van der Waals surface area contributed by atoms with Crippen LogP contribution in [-0.4, -0.2) is 36.1 Å². The SMILES string of the molecule is CCn1c(CO)nn(-c2cc3c(C(C)C)cn(-c4nc(OC)ccc4F)c(=O)c3cc2F)c1=O. The number of nitrogens with zero attached hydrogens (tertiary/aromatic N) is 5. The van der Waals surface area contributed by atoms with Crippen molar-refractivity contribution < 1.29 is 18.6 Å². The highest BCUT2D eigenvalue weighted by Crippen LogP contribution is 2.28. The number of aliphatic hydroxyl groups excluding tert-OH is 1. The van der Waals surface area contributed by atoms with E-state index >= 15 is 4.39 Å². The Morgan fingerprint density at radius 2 is 1.85 bits per heavy atom. The number of aromatic nitrogens is 5. The average Bonchev–Trinajstić information content (AvgIpc) is 3.14. The number of pyridine rings is 2. The molecule has 0 saturated heterocycles. The molecule has 0 amide bonds. The normalized spacial score (nSPS) is 11.5. The van der Waals surface area contributed by atoms with E-state index in [2.05, 4.69) is 10.1 Å². The molecule has 178 valence electrons. The zero-order valence-corrected chi connectivity index (χ0v) is 19.0. The van der Waals surface area contributed by atoms with Gasteiger partial charge in [0.15, 0.2) is 17.5 Å². The zero-order valence-electron chi connectivity index (χ0n) is 19.0. The third-order valence-corrected chi connectivity index (χ3v) is 5.60. The maximum absolute atomic E-state index is 15.2. The first-order valence-electron chi connectivity index (χ1n) is 10.6. The molecule has 0 atom stereocenters. The van der Waals surface area contributed by atoms with Gasteiger partial charge >= 0.3 is 5.69 Å². The van der Waals surface area contributed by atoms with Gasteiger partial charge in [-0.05, 0) is 42.0 Å². The molecule has 1 aromatic carbocycles. The van der Waals surface area contributed by atoms with E-state index < -0.39 is 29.5 Å². The Hall–Kier alpha value is -3.86. The van der Waals surface area contributed by atoms with Gasteiger partial charge in [0.05, 0.1) is 12.5 Å². The van der Waals surface area contributed by atoms with Gasteiger partial charge in [-0.2, -0.15) is 9.67 Å². The van der Waals surface area contributed by atoms with Crippen molar-refractivity contribution in [3.05, 3.63) is 74.3 Å². The molecule has 0 aliphatic rings. The second-order valence-electron chi connectivity index (χ2n) is 7.94. The van der Waals surface area contributed by atoms with Crippen molar-refractivity contribution >= 4 is 10.8 Å². The minimum absolute atomic E-state index is 0.0122. The highest BCUT2D eigenvalue weighted by atomic mass is 19.1. The monoisotopic (exact) mass is 471 g/mol. The molecule has 9 nitrogen and oxygen atoms in total. The molecule has 0 aliphatic heterocycles. The molecule has 0 bridgehead atoms. The number of ether oxygens (including phenoxy) is 1. The van der Waals surface area contributed by atoms with E-state index in [4.69, 9.17) is 4.74 Å². The first-order chi connectivity index (χ1) is 16.2. The fourth-order valence-electron chi connectivity index (χ4n) is 3.88. The van der Waals surface area contributed by atoms with Crippen LogP contribution >= 0.6 is 0 Å². The second kappa shape index (κ2) is 8.82. The van der Waals surface area contributed by atoms with Crippen molar-refractivity contribution in [2.45, 2.75) is 39.8 Å². The summed E-state index contributed by atoms with van der Waals surface area (Å²) in [6, 6.07) is 4.83. The van der Waals surface area contributed by atoms with E-state index in [-0.39, 0.29) is 41.1 Å². The fraction of sp³-hybridized carbons (Fsp3) is 0.304. The number of halogens is 2. The first kappa shape index (κ1) is 23.3. The maximum atomic E-state index is 15.2. The minimum atomic E-state index is -0.872. The van der Waals surface area contributed by atoms with E-state index in [1.807, 2.05) is 13.8 Å². The predicted octanol–water partition coefficient (Wildman–Crippen LogP) is 2.66. The Morgan fingerprint density at radius 1 is 1.12 bits per heavy atom. The number of aliphatic hydroxyl groups is 1. The zero-order chi connectivity index (χ0) is 24.7. The van der Waals surface area contributed by atoms with E-state index in [1.54, 1.807) is 6.92 Å². The topological polar surface area (TPSA) is 104 Å². The van der Waals surface area contributed by atoms with Crippen molar-refractivity contribution in [1.82, 2.24) is 23.9 Å². The predicted molar refractivity (Wildman–Crippen MR) is 121 cm³/mol. The third kappa shape index (κ3) is 3.67. The Morgan fingerprint density at radius 3 is 2.44 bits per heavy atom. The van der Waals surface area contributed by atoms with Crippen LogP contribution in [0.5, 0.6) is 5.88 Å². The molecular formula is C23H23F2N5O4. The molecule has 4 rings (SSSR count). The molecule has 0 fully saturated rings. The van der Waals surface area contributed by atoms with E-state index in [0.29, 0.717) is 10.9 Å². The highest BCUT2D eigenvalue weighted by molar-refractivity contribution is 5.87. The van der Waals surface area contributed by atoms with Crippen LogP contribution in [0.4, 0.5) is 8.78 Å². The fourth-order valence-corrected chi connectivity index (χ4v) is 3.88. The lowest BCUT2D eigenvalue weighted by molar-refractivity contribution is 0.264. The molecular weight excluding hydrogens is 448 g/mol. The van der Waals surface area contributed by atoms with Crippen LogP contribution in [-0.2, 0) is 13.2 Å². The minimum Gasteiger partial charge on any atom is -0.481 e. The number of methoxy groups -OCH3 is 1. The largest absolute Gasteiger partial charge is 0.481 e. The maximum Gasteiger partial charge on any atom is 0.350 e. The lowest BCUT2D eigenvalue weighted by atomic mass is 9.97. The van der Waals surface area contributed by atoms with Crippen molar-refractivity contribution in [3.8, 4) is 17.4 Å². The Labute approximate surface area is 192 Å². The third-order valence-electron chi connectivity index (χ3n) is 5.60. The van der Waals surface area contributed by atoms with Gasteiger partial charge in [-0.3, -0.25) is 13.9 Å². The van der Waals surface area contributed by atoms with Gasteiger partial charge in [-0.1, -0.05) is 13.8 Å². The summed E-state index contributed by atoms with van der Waals surface area (Å²) in [5.74, 6) is -1.85. The molecule has 0 aliphatic carbocycles. The van der Waals surface area contributed by atoms with Crippen molar-refractivity contribution in [2.24, 2.45) is 0 Å². The van der Waals surface area contributed by atoms with Gasteiger partial charge in [0, 0.05) is 18.8 Å². The second-order valence-corrected chi connectivity index (χ2v) is 7.94. The lowest BCUT2D eigenvalue weighted by Gasteiger charge is -2.16. The standard InChI is InChI=1S/C23H23F2N5O4/c1-5-28-19(11-31)27-30(23(28)33)18-9-13-14(8-17(18)25)22(32)29(10-15(13)12(2)3)21-16(24)6-7-20(26-21)34-4/h6-10,12,31H,5,11H2,1-4H3. The van der Waals surface area contributed by atoms with E-state index in [1.165, 1.54) is 30.0 Å². The highest BCUT2D eigenvalue weighted by Gasteiger charge is 2.21. The first-order valence-corrected chi connectivity index (χ1v) is 10.6. The van der Waals surface area contributed by atoms with Crippen LogP contribution < -0.4 is 16.0 Å². The van der Waals surface area contributed by atoms with Crippen LogP contribution in [0.2, 0.25) is 0 Å².